The van der Waals surface area contributed by atoms with Crippen molar-refractivity contribution in [3.05, 3.63) is 54.1 Å². The summed E-state index contributed by atoms with van der Waals surface area (Å²) in [6, 6.07) is 8.60. The SMILES string of the molecule is CC[C@@H]1CNCC1c1nnc2cnc3c(ccn3S(=O)(=O)c3ccc(C)cc3)n12. The topological polar surface area (TPSA) is 94.2 Å². The molecular formula is C20H22N6O2S. The van der Waals surface area contributed by atoms with E-state index in [1.165, 1.54) is 3.97 Å². The Morgan fingerprint density at radius 1 is 1.14 bits per heavy atom. The summed E-state index contributed by atoms with van der Waals surface area (Å²) >= 11 is 0. The molecule has 1 N–H and O–H groups in total. The van der Waals surface area contributed by atoms with E-state index in [2.05, 4.69) is 27.4 Å². The highest BCUT2D eigenvalue weighted by Crippen LogP contribution is 2.31. The Morgan fingerprint density at radius 2 is 1.93 bits per heavy atom. The molecule has 8 nitrogen and oxygen atoms in total. The Balaban J connectivity index is 1.70. The van der Waals surface area contributed by atoms with Crippen molar-refractivity contribution in [2.24, 2.45) is 5.92 Å². The van der Waals surface area contributed by atoms with Crippen molar-refractivity contribution in [2.75, 3.05) is 13.1 Å². The van der Waals surface area contributed by atoms with Gasteiger partial charge in [-0.25, -0.2) is 17.4 Å². The van der Waals surface area contributed by atoms with Crippen LogP contribution in [0.4, 0.5) is 0 Å². The number of aryl methyl sites for hydroxylation is 1. The molecule has 3 aromatic heterocycles. The van der Waals surface area contributed by atoms with Crippen LogP contribution in [0.3, 0.4) is 0 Å². The molecule has 0 aliphatic carbocycles. The van der Waals surface area contributed by atoms with Gasteiger partial charge in [-0.3, -0.25) is 4.40 Å². The summed E-state index contributed by atoms with van der Waals surface area (Å²) in [5, 5.41) is 12.2. The zero-order valence-corrected chi connectivity index (χ0v) is 17.1. The van der Waals surface area contributed by atoms with Gasteiger partial charge >= 0.3 is 0 Å². The van der Waals surface area contributed by atoms with Crippen molar-refractivity contribution in [2.45, 2.75) is 31.1 Å². The van der Waals surface area contributed by atoms with Crippen LogP contribution in [-0.4, -0.2) is 45.1 Å². The quantitative estimate of drug-likeness (QED) is 0.555. The molecule has 4 aromatic rings. The van der Waals surface area contributed by atoms with Gasteiger partial charge in [0.25, 0.3) is 10.0 Å². The predicted molar refractivity (Wildman–Crippen MR) is 109 cm³/mol. The third kappa shape index (κ3) is 2.76. The molecular weight excluding hydrogens is 388 g/mol. The minimum absolute atomic E-state index is 0.234. The molecule has 0 spiro atoms. The van der Waals surface area contributed by atoms with Crippen LogP contribution in [0.15, 0.2) is 47.6 Å². The van der Waals surface area contributed by atoms with Crippen LogP contribution in [0.5, 0.6) is 0 Å². The maximum absolute atomic E-state index is 13.2. The molecule has 1 unspecified atom stereocenters. The number of benzene rings is 1. The van der Waals surface area contributed by atoms with Gasteiger partial charge in [0.1, 0.15) is 5.82 Å². The summed E-state index contributed by atoms with van der Waals surface area (Å²) in [5.74, 6) is 1.57. The number of fused-ring (bicyclic) bond motifs is 3. The van der Waals surface area contributed by atoms with E-state index >= 15 is 0 Å². The van der Waals surface area contributed by atoms with E-state index in [0.717, 1.165) is 30.9 Å². The smallest absolute Gasteiger partial charge is 0.269 e. The number of rotatable bonds is 4. The lowest BCUT2D eigenvalue weighted by molar-refractivity contribution is 0.483. The second-order valence-corrected chi connectivity index (χ2v) is 9.40. The summed E-state index contributed by atoms with van der Waals surface area (Å²) in [5.41, 5.74) is 2.70. The molecule has 4 heterocycles. The fraction of sp³-hybridized carbons (Fsp3) is 0.350. The number of hydrogen-bond acceptors (Lipinski definition) is 6. The monoisotopic (exact) mass is 410 g/mol. The summed E-state index contributed by atoms with van der Waals surface area (Å²) in [6.07, 6.45) is 4.19. The molecule has 29 heavy (non-hydrogen) atoms. The van der Waals surface area contributed by atoms with Gasteiger partial charge in [-0.1, -0.05) is 31.0 Å². The van der Waals surface area contributed by atoms with Crippen LogP contribution in [0, 0.1) is 12.8 Å². The van der Waals surface area contributed by atoms with Gasteiger partial charge in [-0.15, -0.1) is 10.2 Å². The lowest BCUT2D eigenvalue weighted by Gasteiger charge is -2.15. The number of aromatic nitrogens is 5. The average Bonchev–Trinajstić information content (AvgIpc) is 3.44. The molecule has 0 radical (unpaired) electrons. The Hall–Kier alpha value is -2.78. The second kappa shape index (κ2) is 6.64. The van der Waals surface area contributed by atoms with Crippen molar-refractivity contribution in [3.63, 3.8) is 0 Å². The minimum atomic E-state index is -3.75. The van der Waals surface area contributed by atoms with Crippen LogP contribution in [0.25, 0.3) is 16.8 Å². The first-order chi connectivity index (χ1) is 14.0. The van der Waals surface area contributed by atoms with Crippen molar-refractivity contribution in [1.82, 2.24) is 28.9 Å². The highest BCUT2D eigenvalue weighted by atomic mass is 32.2. The van der Waals surface area contributed by atoms with E-state index in [0.29, 0.717) is 22.7 Å². The zero-order chi connectivity index (χ0) is 20.2. The Morgan fingerprint density at radius 3 is 2.69 bits per heavy atom. The van der Waals surface area contributed by atoms with Gasteiger partial charge in [0.05, 0.1) is 16.6 Å². The first-order valence-electron chi connectivity index (χ1n) is 9.74. The molecule has 1 saturated heterocycles. The van der Waals surface area contributed by atoms with Gasteiger partial charge in [-0.2, -0.15) is 0 Å². The molecule has 1 aliphatic rings. The van der Waals surface area contributed by atoms with Gasteiger partial charge < -0.3 is 5.32 Å². The van der Waals surface area contributed by atoms with E-state index in [4.69, 9.17) is 0 Å². The van der Waals surface area contributed by atoms with Crippen LogP contribution in [0.1, 0.15) is 30.7 Å². The molecule has 1 aliphatic heterocycles. The highest BCUT2D eigenvalue weighted by molar-refractivity contribution is 7.90. The highest BCUT2D eigenvalue weighted by Gasteiger charge is 2.32. The van der Waals surface area contributed by atoms with Gasteiger partial charge in [0, 0.05) is 18.7 Å². The third-order valence-electron chi connectivity index (χ3n) is 5.84. The molecule has 1 aromatic carbocycles. The number of nitrogens with one attached hydrogen (secondary N) is 1. The van der Waals surface area contributed by atoms with Crippen molar-refractivity contribution >= 4 is 26.8 Å². The maximum atomic E-state index is 13.2. The summed E-state index contributed by atoms with van der Waals surface area (Å²) in [6.45, 7) is 5.89. The van der Waals surface area contributed by atoms with E-state index in [9.17, 15) is 8.42 Å². The second-order valence-electron chi connectivity index (χ2n) is 7.58. The Bertz CT molecular complexity index is 1310. The van der Waals surface area contributed by atoms with Crippen molar-refractivity contribution in [3.8, 4) is 0 Å². The van der Waals surface area contributed by atoms with Crippen molar-refractivity contribution < 1.29 is 8.42 Å². The van der Waals surface area contributed by atoms with Crippen LogP contribution in [-0.2, 0) is 10.0 Å². The van der Waals surface area contributed by atoms with E-state index in [1.807, 2.05) is 11.3 Å². The molecule has 9 heteroatoms. The Labute approximate surface area is 168 Å². The van der Waals surface area contributed by atoms with Crippen molar-refractivity contribution in [1.29, 1.82) is 0 Å². The largest absolute Gasteiger partial charge is 0.316 e. The zero-order valence-electron chi connectivity index (χ0n) is 16.3. The van der Waals surface area contributed by atoms with Gasteiger partial charge in [-0.05, 0) is 37.6 Å². The van der Waals surface area contributed by atoms with Gasteiger partial charge in [0.15, 0.2) is 11.3 Å². The summed E-state index contributed by atoms with van der Waals surface area (Å²) in [4.78, 5) is 4.64. The summed E-state index contributed by atoms with van der Waals surface area (Å²) < 4.78 is 29.6. The molecule has 1 fully saturated rings. The lowest BCUT2D eigenvalue weighted by Crippen LogP contribution is -2.14. The third-order valence-corrected chi connectivity index (χ3v) is 7.52. The first kappa shape index (κ1) is 18.3. The first-order valence-corrected chi connectivity index (χ1v) is 11.2. The van der Waals surface area contributed by atoms with E-state index in [-0.39, 0.29) is 10.8 Å². The molecule has 0 saturated carbocycles. The lowest BCUT2D eigenvalue weighted by atomic mass is 9.93. The predicted octanol–water partition coefficient (Wildman–Crippen LogP) is 2.34. The standard InChI is InChI=1S/C20H22N6O2S/c1-3-14-10-21-11-16(14)19-24-23-18-12-22-20-17(26(18)19)8-9-25(20)29(27,28)15-6-4-13(2)5-7-15/h4-9,12,14,16,21H,3,10-11H2,1-2H3/t14-,16?/m1/s1. The normalized spacial score (nSPS) is 20.1. The maximum Gasteiger partial charge on any atom is 0.269 e. The number of hydrogen-bond donors (Lipinski definition) is 1. The molecule has 5 rings (SSSR count). The minimum Gasteiger partial charge on any atom is -0.316 e. The molecule has 150 valence electrons. The fourth-order valence-corrected chi connectivity index (χ4v) is 5.47. The average molecular weight is 411 g/mol. The molecule has 0 bridgehead atoms. The number of nitrogens with zero attached hydrogens (tertiary/aromatic N) is 5. The van der Waals surface area contributed by atoms with E-state index in [1.54, 1.807) is 42.7 Å². The van der Waals surface area contributed by atoms with Gasteiger partial charge in [0.2, 0.25) is 0 Å². The fourth-order valence-electron chi connectivity index (χ4n) is 4.17. The van der Waals surface area contributed by atoms with Crippen LogP contribution in [0.2, 0.25) is 0 Å². The summed E-state index contributed by atoms with van der Waals surface area (Å²) in [7, 11) is -3.75. The Kier molecular flexibility index (Phi) is 4.18. The molecule has 2 atom stereocenters. The van der Waals surface area contributed by atoms with E-state index < -0.39 is 10.0 Å². The molecule has 0 amide bonds. The van der Waals surface area contributed by atoms with Crippen LogP contribution < -0.4 is 5.32 Å². The van der Waals surface area contributed by atoms with Crippen LogP contribution >= 0.6 is 0 Å².